The molecule has 4 nitrogen and oxygen atoms in total. The highest BCUT2D eigenvalue weighted by molar-refractivity contribution is 7.08. The topological polar surface area (TPSA) is 66.4 Å². The normalized spacial score (nSPS) is 24.7. The third-order valence-corrected chi connectivity index (χ3v) is 4.56. The summed E-state index contributed by atoms with van der Waals surface area (Å²) in [6.45, 7) is 1.90. The second-order valence-corrected chi connectivity index (χ2v) is 5.95. The maximum Gasteiger partial charge on any atom is 0.306 e. The molecule has 1 aliphatic carbocycles. The Labute approximate surface area is 116 Å². The van der Waals surface area contributed by atoms with Crippen LogP contribution >= 0.6 is 11.3 Å². The molecule has 0 saturated heterocycles. The first-order valence-electron chi connectivity index (χ1n) is 6.63. The van der Waals surface area contributed by atoms with Gasteiger partial charge in [-0.15, -0.1) is 0 Å². The van der Waals surface area contributed by atoms with Crippen molar-refractivity contribution in [2.75, 3.05) is 0 Å². The number of carboxylic acids is 1. The lowest BCUT2D eigenvalue weighted by molar-refractivity contribution is -0.142. The number of carboxylic acid groups (broad SMARTS) is 1. The van der Waals surface area contributed by atoms with Crippen molar-refractivity contribution in [3.05, 3.63) is 22.4 Å². The van der Waals surface area contributed by atoms with Gasteiger partial charge in [-0.25, -0.2) is 0 Å². The average Bonchev–Trinajstić information content (AvgIpc) is 2.92. The number of aliphatic carboxylic acids is 1. The van der Waals surface area contributed by atoms with Crippen LogP contribution in [0.1, 0.15) is 44.1 Å². The van der Waals surface area contributed by atoms with Crippen LogP contribution < -0.4 is 5.32 Å². The van der Waals surface area contributed by atoms with Crippen LogP contribution in [-0.4, -0.2) is 23.0 Å². The summed E-state index contributed by atoms with van der Waals surface area (Å²) in [4.78, 5) is 23.0. The molecule has 1 aliphatic rings. The monoisotopic (exact) mass is 281 g/mol. The molecule has 1 atom stereocenters. The van der Waals surface area contributed by atoms with Gasteiger partial charge in [0, 0.05) is 6.04 Å². The van der Waals surface area contributed by atoms with Gasteiger partial charge in [-0.1, -0.05) is 0 Å². The third-order valence-electron chi connectivity index (χ3n) is 3.86. The minimum atomic E-state index is -0.712. The van der Waals surface area contributed by atoms with Crippen LogP contribution in [0.5, 0.6) is 0 Å². The highest BCUT2D eigenvalue weighted by Gasteiger charge is 2.27. The summed E-state index contributed by atoms with van der Waals surface area (Å²) in [7, 11) is 0. The zero-order chi connectivity index (χ0) is 13.8. The molecule has 0 radical (unpaired) electrons. The molecule has 0 bridgehead atoms. The van der Waals surface area contributed by atoms with E-state index in [0.717, 1.165) is 18.4 Å². The Bertz CT molecular complexity index is 436. The van der Waals surface area contributed by atoms with E-state index in [4.69, 9.17) is 5.11 Å². The molecule has 5 heteroatoms. The minimum Gasteiger partial charge on any atom is -0.481 e. The Hall–Kier alpha value is -1.36. The number of hydrogen-bond donors (Lipinski definition) is 2. The lowest BCUT2D eigenvalue weighted by Gasteiger charge is -2.27. The van der Waals surface area contributed by atoms with E-state index in [9.17, 15) is 9.59 Å². The molecule has 1 aromatic rings. The third kappa shape index (κ3) is 3.56. The Morgan fingerprint density at radius 2 is 2.05 bits per heavy atom. The van der Waals surface area contributed by atoms with E-state index in [2.05, 4.69) is 5.32 Å². The first kappa shape index (κ1) is 14.1. The lowest BCUT2D eigenvalue weighted by atomic mass is 9.86. The number of thiophene rings is 1. The molecule has 0 aliphatic heterocycles. The first-order chi connectivity index (χ1) is 9.08. The summed E-state index contributed by atoms with van der Waals surface area (Å²) in [6.07, 6.45) is 2.85. The predicted molar refractivity (Wildman–Crippen MR) is 74.3 cm³/mol. The van der Waals surface area contributed by atoms with Crippen molar-refractivity contribution < 1.29 is 14.7 Å². The number of hydrogen-bond acceptors (Lipinski definition) is 3. The molecule has 0 aromatic carbocycles. The summed E-state index contributed by atoms with van der Waals surface area (Å²) in [5.74, 6) is -1.04. The van der Waals surface area contributed by atoms with Crippen molar-refractivity contribution in [2.45, 2.75) is 44.6 Å². The first-order valence-corrected chi connectivity index (χ1v) is 7.57. The van der Waals surface area contributed by atoms with Crippen molar-refractivity contribution in [3.63, 3.8) is 0 Å². The van der Waals surface area contributed by atoms with E-state index in [1.165, 1.54) is 0 Å². The molecular weight excluding hydrogens is 262 g/mol. The van der Waals surface area contributed by atoms with Gasteiger partial charge < -0.3 is 10.4 Å². The second kappa shape index (κ2) is 6.19. The van der Waals surface area contributed by atoms with Gasteiger partial charge in [-0.2, -0.15) is 11.3 Å². The molecule has 1 unspecified atom stereocenters. The number of rotatable bonds is 4. The Morgan fingerprint density at radius 3 is 2.58 bits per heavy atom. The molecule has 1 saturated carbocycles. The van der Waals surface area contributed by atoms with Gasteiger partial charge in [0.05, 0.1) is 11.8 Å². The Morgan fingerprint density at radius 1 is 1.37 bits per heavy atom. The lowest BCUT2D eigenvalue weighted by Crippen LogP contribution is -2.40. The zero-order valence-corrected chi connectivity index (χ0v) is 11.8. The Kier molecular flexibility index (Phi) is 4.58. The van der Waals surface area contributed by atoms with Crippen LogP contribution in [-0.2, 0) is 9.59 Å². The van der Waals surface area contributed by atoms with Crippen molar-refractivity contribution in [3.8, 4) is 0 Å². The minimum absolute atomic E-state index is 0.0391. The second-order valence-electron chi connectivity index (χ2n) is 5.17. The molecular formula is C14H19NO3S. The van der Waals surface area contributed by atoms with Gasteiger partial charge in [0.2, 0.25) is 5.91 Å². The number of carbonyl (C=O) groups is 2. The van der Waals surface area contributed by atoms with E-state index < -0.39 is 5.97 Å². The SMILES string of the molecule is CC(C(=O)NC1CCC(C(=O)O)CC1)c1ccsc1. The van der Waals surface area contributed by atoms with Gasteiger partial charge in [0.25, 0.3) is 0 Å². The molecule has 2 N–H and O–H groups in total. The van der Waals surface area contributed by atoms with E-state index in [0.29, 0.717) is 12.8 Å². The molecule has 1 fully saturated rings. The van der Waals surface area contributed by atoms with E-state index >= 15 is 0 Å². The van der Waals surface area contributed by atoms with E-state index in [-0.39, 0.29) is 23.8 Å². The largest absolute Gasteiger partial charge is 0.481 e. The quantitative estimate of drug-likeness (QED) is 0.891. The molecule has 1 aromatic heterocycles. The predicted octanol–water partition coefficient (Wildman–Crippen LogP) is 2.61. The van der Waals surface area contributed by atoms with E-state index in [1.54, 1.807) is 11.3 Å². The summed E-state index contributed by atoms with van der Waals surface area (Å²) in [5.41, 5.74) is 1.04. The van der Waals surface area contributed by atoms with Crippen LogP contribution in [0.15, 0.2) is 16.8 Å². The molecule has 1 amide bonds. The summed E-state index contributed by atoms with van der Waals surface area (Å²) in [6, 6.07) is 2.10. The van der Waals surface area contributed by atoms with Gasteiger partial charge in [-0.05, 0) is 55.0 Å². The number of carbonyl (C=O) groups excluding carboxylic acids is 1. The molecule has 19 heavy (non-hydrogen) atoms. The van der Waals surface area contributed by atoms with Crippen LogP contribution in [0.3, 0.4) is 0 Å². The smallest absolute Gasteiger partial charge is 0.306 e. The number of amides is 1. The molecule has 1 heterocycles. The Balaban J connectivity index is 1.82. The van der Waals surface area contributed by atoms with Crippen LogP contribution in [0.4, 0.5) is 0 Å². The maximum absolute atomic E-state index is 12.1. The highest BCUT2D eigenvalue weighted by Crippen LogP contribution is 2.25. The van der Waals surface area contributed by atoms with Crippen molar-refractivity contribution in [2.24, 2.45) is 5.92 Å². The standard InChI is InChI=1S/C14H19NO3S/c1-9(11-6-7-19-8-11)13(16)15-12-4-2-10(3-5-12)14(17)18/h6-10,12H,2-5H2,1H3,(H,15,16)(H,17,18). The van der Waals surface area contributed by atoms with Gasteiger partial charge >= 0.3 is 5.97 Å². The molecule has 0 spiro atoms. The highest BCUT2D eigenvalue weighted by atomic mass is 32.1. The summed E-state index contributed by atoms with van der Waals surface area (Å²) < 4.78 is 0. The average molecular weight is 281 g/mol. The fraction of sp³-hybridized carbons (Fsp3) is 0.571. The molecule has 104 valence electrons. The summed E-state index contributed by atoms with van der Waals surface area (Å²) >= 11 is 1.59. The molecule has 2 rings (SSSR count). The number of nitrogens with one attached hydrogen (secondary N) is 1. The maximum atomic E-state index is 12.1. The van der Waals surface area contributed by atoms with Crippen molar-refractivity contribution >= 4 is 23.2 Å². The summed E-state index contributed by atoms with van der Waals surface area (Å²) in [5, 5.41) is 15.9. The van der Waals surface area contributed by atoms with E-state index in [1.807, 2.05) is 23.8 Å². The van der Waals surface area contributed by atoms with Gasteiger partial charge in [0.15, 0.2) is 0 Å². The van der Waals surface area contributed by atoms with Crippen LogP contribution in [0, 0.1) is 5.92 Å². The van der Waals surface area contributed by atoms with Crippen LogP contribution in [0.2, 0.25) is 0 Å². The van der Waals surface area contributed by atoms with Gasteiger partial charge in [-0.3, -0.25) is 9.59 Å². The van der Waals surface area contributed by atoms with Crippen LogP contribution in [0.25, 0.3) is 0 Å². The van der Waals surface area contributed by atoms with Crippen molar-refractivity contribution in [1.29, 1.82) is 0 Å². The zero-order valence-electron chi connectivity index (χ0n) is 11.0. The van der Waals surface area contributed by atoms with Crippen molar-refractivity contribution in [1.82, 2.24) is 5.32 Å². The van der Waals surface area contributed by atoms with Gasteiger partial charge in [0.1, 0.15) is 0 Å². The fourth-order valence-corrected chi connectivity index (χ4v) is 3.24. The fourth-order valence-electron chi connectivity index (χ4n) is 2.48.